The molecule has 0 radical (unpaired) electrons. The SMILES string of the molecule is O=C(COc1ccc(Cl)c2cccnc12)NCCO. The summed E-state index contributed by atoms with van der Waals surface area (Å²) in [6.45, 7) is -0.0215. The second kappa shape index (κ2) is 6.36. The molecule has 5 nitrogen and oxygen atoms in total. The van der Waals surface area contributed by atoms with E-state index >= 15 is 0 Å². The molecule has 2 rings (SSSR count). The third kappa shape index (κ3) is 3.33. The number of aliphatic hydroxyl groups excluding tert-OH is 1. The summed E-state index contributed by atoms with van der Waals surface area (Å²) in [6, 6.07) is 7.00. The highest BCUT2D eigenvalue weighted by atomic mass is 35.5. The second-order valence-corrected chi connectivity index (χ2v) is 4.21. The van der Waals surface area contributed by atoms with Crippen LogP contribution >= 0.6 is 11.6 Å². The fourth-order valence-electron chi connectivity index (χ4n) is 1.62. The van der Waals surface area contributed by atoms with Crippen molar-refractivity contribution < 1.29 is 14.6 Å². The molecular weight excluding hydrogens is 268 g/mol. The fraction of sp³-hybridized carbons (Fsp3) is 0.231. The number of amides is 1. The Morgan fingerprint density at radius 3 is 3.05 bits per heavy atom. The Labute approximate surface area is 115 Å². The number of carbonyl (C=O) groups excluding carboxylic acids is 1. The number of aromatic nitrogens is 1. The molecule has 0 unspecified atom stereocenters. The Balaban J connectivity index is 2.13. The van der Waals surface area contributed by atoms with Crippen molar-refractivity contribution in [3.8, 4) is 5.75 Å². The zero-order chi connectivity index (χ0) is 13.7. The molecule has 0 aliphatic heterocycles. The summed E-state index contributed by atoms with van der Waals surface area (Å²) in [5.74, 6) is 0.201. The van der Waals surface area contributed by atoms with E-state index in [9.17, 15) is 4.79 Å². The van der Waals surface area contributed by atoms with Crippen molar-refractivity contribution in [2.24, 2.45) is 0 Å². The molecule has 0 bridgehead atoms. The number of hydrogen-bond donors (Lipinski definition) is 2. The van der Waals surface area contributed by atoms with Crippen LogP contribution in [-0.4, -0.2) is 35.8 Å². The smallest absolute Gasteiger partial charge is 0.258 e. The zero-order valence-electron chi connectivity index (χ0n) is 10.1. The van der Waals surface area contributed by atoms with Crippen molar-refractivity contribution in [2.75, 3.05) is 19.8 Å². The number of aliphatic hydroxyl groups is 1. The van der Waals surface area contributed by atoms with Crippen molar-refractivity contribution >= 4 is 28.4 Å². The molecular formula is C13H13ClN2O3. The van der Waals surface area contributed by atoms with Gasteiger partial charge in [-0.3, -0.25) is 9.78 Å². The van der Waals surface area contributed by atoms with E-state index in [1.54, 1.807) is 24.4 Å². The number of carbonyl (C=O) groups is 1. The van der Waals surface area contributed by atoms with Gasteiger partial charge in [-0.05, 0) is 24.3 Å². The Morgan fingerprint density at radius 1 is 1.42 bits per heavy atom. The van der Waals surface area contributed by atoms with Gasteiger partial charge < -0.3 is 15.2 Å². The molecule has 1 heterocycles. The maximum absolute atomic E-state index is 11.4. The molecule has 1 amide bonds. The second-order valence-electron chi connectivity index (χ2n) is 3.81. The summed E-state index contributed by atoms with van der Waals surface area (Å²) in [5, 5.41) is 12.5. The zero-order valence-corrected chi connectivity index (χ0v) is 10.9. The van der Waals surface area contributed by atoms with Gasteiger partial charge in [-0.15, -0.1) is 0 Å². The van der Waals surface area contributed by atoms with Crippen LogP contribution < -0.4 is 10.1 Å². The van der Waals surface area contributed by atoms with E-state index in [4.69, 9.17) is 21.4 Å². The summed E-state index contributed by atoms with van der Waals surface area (Å²) in [4.78, 5) is 15.6. The van der Waals surface area contributed by atoms with Crippen molar-refractivity contribution in [2.45, 2.75) is 0 Å². The van der Waals surface area contributed by atoms with Crippen LogP contribution in [0.3, 0.4) is 0 Å². The number of nitrogens with one attached hydrogen (secondary N) is 1. The van der Waals surface area contributed by atoms with Crippen LogP contribution in [-0.2, 0) is 4.79 Å². The maximum Gasteiger partial charge on any atom is 0.258 e. The minimum atomic E-state index is -0.298. The van der Waals surface area contributed by atoms with Gasteiger partial charge in [0.15, 0.2) is 6.61 Å². The molecule has 0 saturated heterocycles. The number of halogens is 1. The normalized spacial score (nSPS) is 10.4. The Bertz CT molecular complexity index is 589. The van der Waals surface area contributed by atoms with E-state index in [1.165, 1.54) is 0 Å². The first-order chi connectivity index (χ1) is 9.22. The number of nitrogens with zero attached hydrogens (tertiary/aromatic N) is 1. The number of rotatable bonds is 5. The van der Waals surface area contributed by atoms with Crippen LogP contribution in [0.25, 0.3) is 10.9 Å². The van der Waals surface area contributed by atoms with E-state index in [2.05, 4.69) is 10.3 Å². The van der Waals surface area contributed by atoms with Crippen molar-refractivity contribution in [3.05, 3.63) is 35.5 Å². The maximum atomic E-state index is 11.4. The Morgan fingerprint density at radius 2 is 2.26 bits per heavy atom. The number of fused-ring (bicyclic) bond motifs is 1. The monoisotopic (exact) mass is 280 g/mol. The minimum Gasteiger partial charge on any atom is -0.481 e. The highest BCUT2D eigenvalue weighted by Gasteiger charge is 2.08. The van der Waals surface area contributed by atoms with Crippen LogP contribution in [0.2, 0.25) is 5.02 Å². The summed E-state index contributed by atoms with van der Waals surface area (Å²) in [6.07, 6.45) is 1.64. The highest BCUT2D eigenvalue weighted by Crippen LogP contribution is 2.29. The van der Waals surface area contributed by atoms with E-state index < -0.39 is 0 Å². The molecule has 2 aromatic rings. The van der Waals surface area contributed by atoms with Crippen LogP contribution in [0.5, 0.6) is 5.75 Å². The summed E-state index contributed by atoms with van der Waals surface area (Å²) >= 11 is 6.06. The van der Waals surface area contributed by atoms with E-state index in [-0.39, 0.29) is 25.7 Å². The van der Waals surface area contributed by atoms with Crippen LogP contribution in [0.4, 0.5) is 0 Å². The fourth-order valence-corrected chi connectivity index (χ4v) is 1.83. The highest BCUT2D eigenvalue weighted by molar-refractivity contribution is 6.35. The van der Waals surface area contributed by atoms with E-state index in [0.29, 0.717) is 16.3 Å². The predicted molar refractivity (Wildman–Crippen MR) is 72.3 cm³/mol. The number of benzene rings is 1. The molecule has 19 heavy (non-hydrogen) atoms. The quantitative estimate of drug-likeness (QED) is 0.868. The van der Waals surface area contributed by atoms with Crippen LogP contribution in [0.1, 0.15) is 0 Å². The lowest BCUT2D eigenvalue weighted by molar-refractivity contribution is -0.123. The average molecular weight is 281 g/mol. The largest absolute Gasteiger partial charge is 0.481 e. The molecule has 1 aromatic carbocycles. The lowest BCUT2D eigenvalue weighted by atomic mass is 10.2. The standard InChI is InChI=1S/C13H13ClN2O3/c14-10-3-4-11(13-9(10)2-1-5-16-13)19-8-12(18)15-6-7-17/h1-5,17H,6-8H2,(H,15,18). The van der Waals surface area contributed by atoms with Gasteiger partial charge >= 0.3 is 0 Å². The van der Waals surface area contributed by atoms with Crippen molar-refractivity contribution in [1.29, 1.82) is 0 Å². The van der Waals surface area contributed by atoms with Crippen molar-refractivity contribution in [3.63, 3.8) is 0 Å². The van der Waals surface area contributed by atoms with Gasteiger partial charge in [-0.25, -0.2) is 0 Å². The average Bonchev–Trinajstić information content (AvgIpc) is 2.45. The number of hydrogen-bond acceptors (Lipinski definition) is 4. The van der Waals surface area contributed by atoms with Gasteiger partial charge in [-0.1, -0.05) is 11.6 Å². The minimum absolute atomic E-state index is 0.100. The molecule has 0 atom stereocenters. The molecule has 6 heteroatoms. The summed E-state index contributed by atoms with van der Waals surface area (Å²) in [7, 11) is 0. The molecule has 2 N–H and O–H groups in total. The van der Waals surface area contributed by atoms with Gasteiger partial charge in [-0.2, -0.15) is 0 Å². The lowest BCUT2D eigenvalue weighted by Gasteiger charge is -2.09. The Hall–Kier alpha value is -1.85. The third-order valence-corrected chi connectivity index (χ3v) is 2.80. The van der Waals surface area contributed by atoms with Gasteiger partial charge in [0.05, 0.1) is 11.6 Å². The van der Waals surface area contributed by atoms with Crippen molar-refractivity contribution in [1.82, 2.24) is 10.3 Å². The van der Waals surface area contributed by atoms with Gasteiger partial charge in [0.2, 0.25) is 0 Å². The first-order valence-corrected chi connectivity index (χ1v) is 6.14. The molecule has 0 saturated carbocycles. The first-order valence-electron chi connectivity index (χ1n) is 5.76. The van der Waals surface area contributed by atoms with E-state index in [0.717, 1.165) is 5.39 Å². The van der Waals surface area contributed by atoms with Crippen LogP contribution in [0.15, 0.2) is 30.5 Å². The van der Waals surface area contributed by atoms with Gasteiger partial charge in [0.25, 0.3) is 5.91 Å². The molecule has 0 aliphatic rings. The molecule has 0 fully saturated rings. The molecule has 0 spiro atoms. The molecule has 100 valence electrons. The topological polar surface area (TPSA) is 71.5 Å². The lowest BCUT2D eigenvalue weighted by Crippen LogP contribution is -2.31. The number of pyridine rings is 1. The number of ether oxygens (including phenoxy) is 1. The van der Waals surface area contributed by atoms with Crippen LogP contribution in [0, 0.1) is 0 Å². The van der Waals surface area contributed by atoms with Gasteiger partial charge in [0.1, 0.15) is 11.3 Å². The predicted octanol–water partition coefficient (Wildman–Crippen LogP) is 1.38. The summed E-state index contributed by atoms with van der Waals surface area (Å²) in [5.41, 5.74) is 0.616. The van der Waals surface area contributed by atoms with Gasteiger partial charge in [0, 0.05) is 18.1 Å². The molecule has 0 aliphatic carbocycles. The first kappa shape index (κ1) is 13.6. The molecule has 1 aromatic heterocycles. The Kier molecular flexibility index (Phi) is 4.54. The third-order valence-electron chi connectivity index (χ3n) is 2.47. The van der Waals surface area contributed by atoms with E-state index in [1.807, 2.05) is 6.07 Å². The summed E-state index contributed by atoms with van der Waals surface area (Å²) < 4.78 is 5.42.